The van der Waals surface area contributed by atoms with Gasteiger partial charge >= 0.3 is 0 Å². The molecule has 0 bridgehead atoms. The van der Waals surface area contributed by atoms with E-state index >= 15 is 0 Å². The minimum absolute atomic E-state index is 0.235. The standard InChI is InChI=1S/C145H108N4/c1-141(2)128-62-34-24-58-118(128)124-89-101(74-80-129(124)141)146(137-65-37-27-49-109(137)93-41-13-9-14-42-93)105-81-99(82-106(87-105)147(138-66-38-28-50-110(138)94-43-15-10-16-44-94)102-71-75-119-113-53-21-31-59-125(113)142(3,4)134(119)90-102)97-69-78-132-122(85-97)123-86-98(70-79-133(123)145(132)130-63-35-25-56-116(130)117-57-26-36-64-131(117)145)100-83-107(148(139-67-39-29-51-111(139)95-45-17-11-18-46-95)103-72-76-120-114-54-22-32-60-126(114)143(5,6)135(120)91-103)88-108(84-100)149(140-68-40-30-52-112(140)96-47-19-12-20-48-96)104-73-77-121-115-55-23-33-61-127(115)144(7,8)136(121)92-104/h9-92H,1-8H3. The van der Waals surface area contributed by atoms with Gasteiger partial charge in [-0.3, -0.25) is 0 Å². The zero-order valence-corrected chi connectivity index (χ0v) is 84.8. The molecule has 4 nitrogen and oxygen atoms in total. The number of nitrogens with zero attached hydrogens (tertiary/aromatic N) is 4. The Morgan fingerprint density at radius 2 is 0.315 bits per heavy atom. The van der Waals surface area contributed by atoms with Gasteiger partial charge in [0.2, 0.25) is 0 Å². The lowest BCUT2D eigenvalue weighted by Gasteiger charge is -2.33. The first kappa shape index (κ1) is 88.7. The van der Waals surface area contributed by atoms with Crippen molar-refractivity contribution in [2.45, 2.75) is 82.5 Å². The van der Waals surface area contributed by atoms with Gasteiger partial charge in [0.25, 0.3) is 0 Å². The van der Waals surface area contributed by atoms with E-state index in [4.69, 9.17) is 0 Å². The van der Waals surface area contributed by atoms with E-state index in [0.717, 1.165) is 135 Å². The van der Waals surface area contributed by atoms with Crippen LogP contribution in [-0.2, 0) is 27.1 Å². The molecule has 22 aromatic rings. The van der Waals surface area contributed by atoms with Crippen LogP contribution in [0.25, 0.3) is 134 Å². The van der Waals surface area contributed by atoms with E-state index in [0.29, 0.717) is 0 Å². The lowest BCUT2D eigenvalue weighted by atomic mass is 9.70. The Morgan fingerprint density at radius 1 is 0.114 bits per heavy atom. The smallest absolute Gasteiger partial charge is 0.0725 e. The Kier molecular flexibility index (Phi) is 20.3. The summed E-state index contributed by atoms with van der Waals surface area (Å²) in [6, 6.07) is 194. The fraction of sp³-hybridized carbons (Fsp3) is 0.0897. The molecule has 22 aromatic carbocycles. The predicted octanol–water partition coefficient (Wildman–Crippen LogP) is 39.1. The summed E-state index contributed by atoms with van der Waals surface area (Å²) in [6.07, 6.45) is 0. The van der Waals surface area contributed by atoms with Gasteiger partial charge in [-0.15, -0.1) is 0 Å². The van der Waals surface area contributed by atoms with Crippen LogP contribution in [0.5, 0.6) is 0 Å². The summed E-state index contributed by atoms with van der Waals surface area (Å²) < 4.78 is 0. The first-order valence-electron chi connectivity index (χ1n) is 52.5. The van der Waals surface area contributed by atoms with Crippen LogP contribution < -0.4 is 19.6 Å². The molecule has 0 heterocycles. The number of rotatable bonds is 18. The SMILES string of the molecule is CC1(C)c2ccccc2-c2cc(N(c3cc(-c4ccc5c(c4)-c4cc(-c6cc(N(c7ccc8c(c7)C(C)(C)c7ccccc7-8)c7ccccc7-c7ccccc7)cc(N(c7ccc8c(c7)C(C)(C)c7ccccc7-8)c7ccccc7-c7ccccc7)c6)ccc4C54c5ccccc5-c5ccccc54)cc(N(c4ccc5c(c4)C(C)(C)c4ccccc4-5)c4ccccc4-c4ccccc4)c3)c3ccccc3-c3ccccc3)ccc21. The monoisotopic (exact) mass is 1900 g/mol. The average molecular weight is 1910 g/mol. The van der Waals surface area contributed by atoms with Gasteiger partial charge in [0.15, 0.2) is 0 Å². The zero-order chi connectivity index (χ0) is 99.9. The molecule has 1 spiro atoms. The largest absolute Gasteiger partial charge is 0.310 e. The topological polar surface area (TPSA) is 13.0 Å². The average Bonchev–Trinajstić information content (AvgIpc) is 1.50. The minimum Gasteiger partial charge on any atom is -0.310 e. The van der Waals surface area contributed by atoms with E-state index in [1.165, 1.54) is 134 Å². The normalized spacial score (nSPS) is 14.2. The van der Waals surface area contributed by atoms with E-state index in [1.54, 1.807) is 0 Å². The number of hydrogen-bond acceptors (Lipinski definition) is 4. The Morgan fingerprint density at radius 3 is 0.617 bits per heavy atom. The molecule has 708 valence electrons. The van der Waals surface area contributed by atoms with Crippen LogP contribution in [-0.4, -0.2) is 0 Å². The number of fused-ring (bicyclic) bond motifs is 22. The first-order chi connectivity index (χ1) is 72.9. The molecule has 28 rings (SSSR count). The highest BCUT2D eigenvalue weighted by Gasteiger charge is 2.53. The fourth-order valence-corrected chi connectivity index (χ4v) is 26.7. The number of hydrogen-bond donors (Lipinski definition) is 0. The highest BCUT2D eigenvalue weighted by molar-refractivity contribution is 6.04. The molecule has 0 N–H and O–H groups in total. The third kappa shape index (κ3) is 13.7. The number of anilines is 12. The van der Waals surface area contributed by atoms with Crippen molar-refractivity contribution in [1.82, 2.24) is 0 Å². The Hall–Kier alpha value is -18.0. The van der Waals surface area contributed by atoms with Gasteiger partial charge in [-0.25, -0.2) is 0 Å². The molecule has 0 amide bonds. The van der Waals surface area contributed by atoms with Gasteiger partial charge in [-0.05, 0) is 299 Å². The van der Waals surface area contributed by atoms with Gasteiger partial charge in [-0.2, -0.15) is 0 Å². The van der Waals surface area contributed by atoms with E-state index in [9.17, 15) is 0 Å². The summed E-state index contributed by atoms with van der Waals surface area (Å²) in [4.78, 5) is 10.3. The third-order valence-electron chi connectivity index (χ3n) is 33.8. The highest BCUT2D eigenvalue weighted by Crippen LogP contribution is 2.66. The third-order valence-corrected chi connectivity index (χ3v) is 33.8. The van der Waals surface area contributed by atoms with Crippen molar-refractivity contribution in [2.24, 2.45) is 0 Å². The molecular formula is C145H108N4. The summed E-state index contributed by atoms with van der Waals surface area (Å²) >= 11 is 0. The van der Waals surface area contributed by atoms with Crippen molar-refractivity contribution in [3.63, 3.8) is 0 Å². The fourth-order valence-electron chi connectivity index (χ4n) is 26.7. The van der Waals surface area contributed by atoms with Crippen LogP contribution in [0.2, 0.25) is 0 Å². The summed E-state index contributed by atoms with van der Waals surface area (Å²) in [5.41, 5.74) is 54.4. The van der Waals surface area contributed by atoms with Crippen molar-refractivity contribution < 1.29 is 0 Å². The van der Waals surface area contributed by atoms with Crippen LogP contribution in [0.3, 0.4) is 0 Å². The maximum absolute atomic E-state index is 2.58. The lowest BCUT2D eigenvalue weighted by molar-refractivity contribution is 0.660. The van der Waals surface area contributed by atoms with Gasteiger partial charge < -0.3 is 19.6 Å². The maximum Gasteiger partial charge on any atom is 0.0725 e. The van der Waals surface area contributed by atoms with Crippen molar-refractivity contribution in [3.8, 4) is 134 Å². The summed E-state index contributed by atoms with van der Waals surface area (Å²) in [5, 5.41) is 0. The lowest BCUT2D eigenvalue weighted by Crippen LogP contribution is -2.25. The molecule has 6 aliphatic carbocycles. The van der Waals surface area contributed by atoms with Crippen molar-refractivity contribution in [2.75, 3.05) is 19.6 Å². The molecule has 0 atom stereocenters. The van der Waals surface area contributed by atoms with Gasteiger partial charge in [0.1, 0.15) is 0 Å². The maximum atomic E-state index is 2.58. The number of benzene rings is 22. The zero-order valence-electron chi connectivity index (χ0n) is 84.8. The Labute approximate surface area is 873 Å². The predicted molar refractivity (Wildman–Crippen MR) is 624 cm³/mol. The van der Waals surface area contributed by atoms with Crippen molar-refractivity contribution in [3.05, 3.63) is 576 Å². The molecule has 0 fully saturated rings. The Bertz CT molecular complexity index is 8970. The molecule has 0 aromatic heterocycles. The molecule has 0 aliphatic heterocycles. The van der Waals surface area contributed by atoms with Gasteiger partial charge in [0, 0.05) is 89.4 Å². The van der Waals surface area contributed by atoms with Gasteiger partial charge in [0.05, 0.1) is 28.2 Å². The van der Waals surface area contributed by atoms with Gasteiger partial charge in [-0.1, -0.05) is 444 Å². The summed E-state index contributed by atoms with van der Waals surface area (Å²) in [7, 11) is 0. The second kappa shape index (κ2) is 34.1. The van der Waals surface area contributed by atoms with Crippen LogP contribution in [0.4, 0.5) is 68.2 Å². The molecular weight excluding hydrogens is 1800 g/mol. The molecule has 0 saturated carbocycles. The van der Waals surface area contributed by atoms with Crippen molar-refractivity contribution in [1.29, 1.82) is 0 Å². The second-order valence-corrected chi connectivity index (χ2v) is 43.3. The summed E-state index contributed by atoms with van der Waals surface area (Å²) in [6.45, 7) is 19.2. The minimum atomic E-state index is -0.732. The summed E-state index contributed by atoms with van der Waals surface area (Å²) in [5.74, 6) is 0. The van der Waals surface area contributed by atoms with E-state index in [-0.39, 0.29) is 21.7 Å². The molecule has 0 unspecified atom stereocenters. The van der Waals surface area contributed by atoms with E-state index < -0.39 is 5.41 Å². The van der Waals surface area contributed by atoms with Crippen LogP contribution in [0.15, 0.2) is 510 Å². The molecule has 4 heteroatoms. The molecule has 0 radical (unpaired) electrons. The molecule has 149 heavy (non-hydrogen) atoms. The Balaban J connectivity index is 0.721. The van der Waals surface area contributed by atoms with E-state index in [2.05, 4.69) is 585 Å². The molecule has 6 aliphatic rings. The van der Waals surface area contributed by atoms with Crippen LogP contribution >= 0.6 is 0 Å². The second-order valence-electron chi connectivity index (χ2n) is 43.3. The van der Waals surface area contributed by atoms with E-state index in [1.807, 2.05) is 0 Å². The quantitative estimate of drug-likeness (QED) is 0.0849. The van der Waals surface area contributed by atoms with Crippen LogP contribution in [0, 0.1) is 0 Å². The number of para-hydroxylation sites is 4. The first-order valence-corrected chi connectivity index (χ1v) is 52.5. The molecule has 0 saturated heterocycles. The van der Waals surface area contributed by atoms with Crippen LogP contribution in [0.1, 0.15) is 122 Å². The van der Waals surface area contributed by atoms with Crippen molar-refractivity contribution >= 4 is 68.2 Å². The highest BCUT2D eigenvalue weighted by atomic mass is 15.2.